The number of rotatable bonds is 2. The monoisotopic (exact) mass is 228 g/mol. The molecule has 4 heteroatoms. The molecule has 0 atom stereocenters. The highest BCUT2D eigenvalue weighted by atomic mass is 19.1. The van der Waals surface area contributed by atoms with Crippen molar-refractivity contribution < 1.29 is 9.13 Å². The molecule has 0 radical (unpaired) electrons. The van der Waals surface area contributed by atoms with Gasteiger partial charge in [0.2, 0.25) is 0 Å². The molecule has 2 aromatic rings. The summed E-state index contributed by atoms with van der Waals surface area (Å²) < 4.78 is 18.6. The largest absolute Gasteiger partial charge is 0.494 e. The van der Waals surface area contributed by atoms with Gasteiger partial charge in [0.05, 0.1) is 12.7 Å². The average Bonchev–Trinajstić information content (AvgIpc) is 2.38. The summed E-state index contributed by atoms with van der Waals surface area (Å²) in [4.78, 5) is 4.13. The zero-order valence-corrected chi connectivity index (χ0v) is 9.14. The highest BCUT2D eigenvalue weighted by Crippen LogP contribution is 2.30. The molecule has 0 amide bonds. The van der Waals surface area contributed by atoms with Crippen molar-refractivity contribution in [3.05, 3.63) is 47.9 Å². The van der Waals surface area contributed by atoms with E-state index in [1.54, 1.807) is 30.5 Å². The van der Waals surface area contributed by atoms with Crippen molar-refractivity contribution in [1.29, 1.82) is 5.26 Å². The van der Waals surface area contributed by atoms with E-state index in [1.807, 2.05) is 6.07 Å². The third-order valence-corrected chi connectivity index (χ3v) is 2.37. The lowest BCUT2D eigenvalue weighted by atomic mass is 10.0. The van der Waals surface area contributed by atoms with Crippen LogP contribution in [0.4, 0.5) is 4.39 Å². The van der Waals surface area contributed by atoms with Crippen molar-refractivity contribution in [2.24, 2.45) is 0 Å². The van der Waals surface area contributed by atoms with Crippen LogP contribution in [-0.4, -0.2) is 12.1 Å². The van der Waals surface area contributed by atoms with Gasteiger partial charge in [0.25, 0.3) is 0 Å². The summed E-state index contributed by atoms with van der Waals surface area (Å²) in [6.07, 6.45) is 1.57. The molecule has 0 aliphatic rings. The quantitative estimate of drug-likeness (QED) is 0.793. The predicted molar refractivity (Wildman–Crippen MR) is 60.9 cm³/mol. The van der Waals surface area contributed by atoms with Crippen molar-refractivity contribution in [3.63, 3.8) is 0 Å². The fraction of sp³-hybridized carbons (Fsp3) is 0.0769. The second-order valence-electron chi connectivity index (χ2n) is 3.33. The van der Waals surface area contributed by atoms with Gasteiger partial charge in [-0.05, 0) is 18.2 Å². The lowest BCUT2D eigenvalue weighted by Gasteiger charge is -2.08. The summed E-state index contributed by atoms with van der Waals surface area (Å²) in [5.74, 6) is -0.0488. The smallest absolute Gasteiger partial charge is 0.145 e. The van der Waals surface area contributed by atoms with Gasteiger partial charge in [-0.1, -0.05) is 12.1 Å². The highest BCUT2D eigenvalue weighted by Gasteiger charge is 2.14. The van der Waals surface area contributed by atoms with Crippen molar-refractivity contribution in [3.8, 4) is 23.1 Å². The van der Waals surface area contributed by atoms with E-state index in [2.05, 4.69) is 4.98 Å². The van der Waals surface area contributed by atoms with Crippen molar-refractivity contribution in [2.75, 3.05) is 7.11 Å². The molecule has 0 unspecified atom stereocenters. The lowest BCUT2D eigenvalue weighted by molar-refractivity contribution is 0.415. The Balaban J connectivity index is 2.69. The maximum atomic E-state index is 13.5. The number of hydrogen-bond acceptors (Lipinski definition) is 3. The Kier molecular flexibility index (Phi) is 3.01. The third-order valence-electron chi connectivity index (χ3n) is 2.37. The van der Waals surface area contributed by atoms with Crippen LogP contribution in [0.1, 0.15) is 5.56 Å². The number of methoxy groups -OCH3 is 1. The van der Waals surface area contributed by atoms with Crippen LogP contribution >= 0.6 is 0 Å². The van der Waals surface area contributed by atoms with Crippen molar-refractivity contribution >= 4 is 0 Å². The van der Waals surface area contributed by atoms with Crippen LogP contribution in [0.15, 0.2) is 36.5 Å². The summed E-state index contributed by atoms with van der Waals surface area (Å²) in [5, 5.41) is 8.97. The van der Waals surface area contributed by atoms with Gasteiger partial charge in [-0.2, -0.15) is 5.26 Å². The van der Waals surface area contributed by atoms with Crippen LogP contribution < -0.4 is 4.74 Å². The third kappa shape index (κ3) is 1.95. The van der Waals surface area contributed by atoms with Crippen LogP contribution in [0, 0.1) is 17.1 Å². The van der Waals surface area contributed by atoms with E-state index in [4.69, 9.17) is 10.00 Å². The molecule has 1 aromatic carbocycles. The van der Waals surface area contributed by atoms with Crippen molar-refractivity contribution in [2.45, 2.75) is 0 Å². The maximum Gasteiger partial charge on any atom is 0.145 e. The Hall–Kier alpha value is -2.41. The molecule has 1 heterocycles. The van der Waals surface area contributed by atoms with Gasteiger partial charge in [-0.25, -0.2) is 4.39 Å². The van der Waals surface area contributed by atoms with Gasteiger partial charge in [0, 0.05) is 11.8 Å². The van der Waals surface area contributed by atoms with E-state index in [9.17, 15) is 4.39 Å². The van der Waals surface area contributed by atoms with Gasteiger partial charge in [-0.3, -0.25) is 4.98 Å². The normalized spacial score (nSPS) is 9.71. The molecule has 0 N–H and O–H groups in total. The molecule has 0 fully saturated rings. The SMILES string of the molecule is COc1cccnc1-c1cccc(F)c1C#N. The second kappa shape index (κ2) is 4.62. The van der Waals surface area contributed by atoms with Gasteiger partial charge in [0.1, 0.15) is 23.3 Å². The van der Waals surface area contributed by atoms with Crippen LogP contribution in [0.3, 0.4) is 0 Å². The molecule has 2 rings (SSSR count). The summed E-state index contributed by atoms with van der Waals surface area (Å²) in [5.41, 5.74) is 0.875. The van der Waals surface area contributed by atoms with Crippen molar-refractivity contribution in [1.82, 2.24) is 4.98 Å². The standard InChI is InChI=1S/C13H9FN2O/c1-17-12-6-3-7-16-13(12)9-4-2-5-11(14)10(9)8-15/h2-7H,1H3. The fourth-order valence-corrected chi connectivity index (χ4v) is 1.59. The van der Waals surface area contributed by atoms with Gasteiger partial charge in [0.15, 0.2) is 0 Å². The molecule has 0 aliphatic carbocycles. The Morgan fingerprint density at radius 1 is 1.29 bits per heavy atom. The summed E-state index contributed by atoms with van der Waals surface area (Å²) in [7, 11) is 1.51. The molecule has 0 saturated heterocycles. The molecule has 0 bridgehead atoms. The Labute approximate surface area is 98.1 Å². The predicted octanol–water partition coefficient (Wildman–Crippen LogP) is 2.77. The minimum Gasteiger partial charge on any atom is -0.494 e. The number of nitriles is 1. The Bertz CT molecular complexity index is 590. The zero-order chi connectivity index (χ0) is 12.3. The first-order chi connectivity index (χ1) is 8.27. The second-order valence-corrected chi connectivity index (χ2v) is 3.33. The van der Waals surface area contributed by atoms with Crippen LogP contribution in [0.2, 0.25) is 0 Å². The van der Waals surface area contributed by atoms with E-state index < -0.39 is 5.82 Å². The van der Waals surface area contributed by atoms with E-state index in [1.165, 1.54) is 13.2 Å². The molecule has 0 spiro atoms. The fourth-order valence-electron chi connectivity index (χ4n) is 1.59. The Morgan fingerprint density at radius 3 is 2.82 bits per heavy atom. The van der Waals surface area contributed by atoms with Gasteiger partial charge < -0.3 is 4.74 Å². The number of aromatic nitrogens is 1. The number of ether oxygens (including phenoxy) is 1. The summed E-state index contributed by atoms with van der Waals surface area (Å²) in [6, 6.07) is 9.71. The number of pyridine rings is 1. The number of nitrogens with zero attached hydrogens (tertiary/aromatic N) is 2. The minimum atomic E-state index is -0.558. The lowest BCUT2D eigenvalue weighted by Crippen LogP contribution is -1.95. The molecule has 3 nitrogen and oxygen atoms in total. The van der Waals surface area contributed by atoms with Crippen LogP contribution in [-0.2, 0) is 0 Å². The van der Waals surface area contributed by atoms with Crippen LogP contribution in [0.25, 0.3) is 11.3 Å². The molecular weight excluding hydrogens is 219 g/mol. The highest BCUT2D eigenvalue weighted by molar-refractivity contribution is 5.72. The molecule has 17 heavy (non-hydrogen) atoms. The zero-order valence-electron chi connectivity index (χ0n) is 9.14. The van der Waals surface area contributed by atoms with Crippen LogP contribution in [0.5, 0.6) is 5.75 Å². The van der Waals surface area contributed by atoms with E-state index in [-0.39, 0.29) is 5.56 Å². The summed E-state index contributed by atoms with van der Waals surface area (Å²) >= 11 is 0. The average molecular weight is 228 g/mol. The first kappa shape index (κ1) is 11.1. The maximum absolute atomic E-state index is 13.5. The molecule has 1 aromatic heterocycles. The Morgan fingerprint density at radius 2 is 2.12 bits per heavy atom. The molecule has 0 aliphatic heterocycles. The number of benzene rings is 1. The van der Waals surface area contributed by atoms with E-state index in [0.717, 1.165) is 0 Å². The van der Waals surface area contributed by atoms with E-state index in [0.29, 0.717) is 17.0 Å². The molecule has 84 valence electrons. The van der Waals surface area contributed by atoms with E-state index >= 15 is 0 Å². The molecular formula is C13H9FN2O. The first-order valence-corrected chi connectivity index (χ1v) is 4.96. The van der Waals surface area contributed by atoms with Gasteiger partial charge >= 0.3 is 0 Å². The topological polar surface area (TPSA) is 45.9 Å². The first-order valence-electron chi connectivity index (χ1n) is 4.96. The summed E-state index contributed by atoms with van der Waals surface area (Å²) in [6.45, 7) is 0. The minimum absolute atomic E-state index is 0.0236. The molecule has 0 saturated carbocycles. The number of hydrogen-bond donors (Lipinski definition) is 0. The number of halogens is 1. The van der Waals surface area contributed by atoms with Gasteiger partial charge in [-0.15, -0.1) is 0 Å².